The smallest absolute Gasteiger partial charge is 0.390 e. The number of rotatable bonds is 6. The molecule has 5 atom stereocenters. The first-order valence-electron chi connectivity index (χ1n) is 15.6. The number of aliphatic hydroxyl groups is 1. The van der Waals surface area contributed by atoms with Crippen molar-refractivity contribution in [2.75, 3.05) is 59.9 Å². The number of nitrogens with one attached hydrogen (secondary N) is 1. The van der Waals surface area contributed by atoms with Crippen LogP contribution in [0.25, 0.3) is 0 Å². The van der Waals surface area contributed by atoms with E-state index in [0.29, 0.717) is 32.1 Å². The highest BCUT2D eigenvalue weighted by Crippen LogP contribution is 2.55. The van der Waals surface area contributed by atoms with Crippen LogP contribution < -0.4 is 20.2 Å². The van der Waals surface area contributed by atoms with E-state index in [1.54, 1.807) is 5.06 Å². The molecule has 14 heteroatoms. The number of nitrogens with zero attached hydrogens (tertiary/aromatic N) is 4. The lowest BCUT2D eigenvalue weighted by Crippen LogP contribution is -2.62. The largest absolute Gasteiger partial charge is 0.431 e. The van der Waals surface area contributed by atoms with Crippen molar-refractivity contribution in [2.24, 2.45) is 17.8 Å². The van der Waals surface area contributed by atoms with Crippen molar-refractivity contribution < 1.29 is 36.3 Å². The fourth-order valence-corrected chi connectivity index (χ4v) is 9.86. The molecule has 244 valence electrons. The summed E-state index contributed by atoms with van der Waals surface area (Å²) in [5, 5.41) is 15.7. The second kappa shape index (κ2) is 11.2. The number of hydrogen-bond acceptors (Lipinski definition) is 8. The van der Waals surface area contributed by atoms with E-state index >= 15 is 0 Å². The normalized spacial score (nSPS) is 29.9. The second-order valence-electron chi connectivity index (χ2n) is 13.3. The maximum Gasteiger partial charge on any atom is 0.431 e. The van der Waals surface area contributed by atoms with Crippen molar-refractivity contribution in [1.82, 2.24) is 9.62 Å². The van der Waals surface area contributed by atoms with Gasteiger partial charge >= 0.3 is 12.3 Å². The van der Waals surface area contributed by atoms with Crippen LogP contribution in [-0.2, 0) is 14.9 Å². The summed E-state index contributed by atoms with van der Waals surface area (Å²) in [5.74, 6) is -0.720. The lowest BCUT2D eigenvalue weighted by atomic mass is 9.52. The van der Waals surface area contributed by atoms with Gasteiger partial charge in [-0.3, -0.25) is 0 Å². The molecule has 2 aromatic carbocycles. The Bertz CT molecular complexity index is 1520. The Hall–Kier alpha value is -3.23. The third kappa shape index (κ3) is 6.16. The van der Waals surface area contributed by atoms with Crippen LogP contribution in [0.15, 0.2) is 48.5 Å². The first-order chi connectivity index (χ1) is 21.4. The first kappa shape index (κ1) is 30.4. The minimum absolute atomic E-state index is 0.00608. The molecule has 4 aliphatic carbocycles. The molecule has 1 amide bonds. The summed E-state index contributed by atoms with van der Waals surface area (Å²) in [6.45, 7) is 1.58. The summed E-state index contributed by atoms with van der Waals surface area (Å²) >= 11 is 0. The van der Waals surface area contributed by atoms with Crippen LogP contribution in [0.3, 0.4) is 0 Å². The molecule has 1 saturated heterocycles. The lowest BCUT2D eigenvalue weighted by molar-refractivity contribution is -0.137. The Balaban J connectivity index is 0.979. The highest BCUT2D eigenvalue weighted by molar-refractivity contribution is 7.89. The van der Waals surface area contributed by atoms with Crippen molar-refractivity contribution >= 4 is 38.9 Å². The molecule has 10 nitrogen and oxygen atoms in total. The maximum absolute atomic E-state index is 13.1. The summed E-state index contributed by atoms with van der Waals surface area (Å²) in [7, 11) is -4.40. The van der Waals surface area contributed by atoms with E-state index in [9.17, 15) is 31.5 Å². The summed E-state index contributed by atoms with van der Waals surface area (Å²) in [4.78, 5) is 23.1. The fourth-order valence-electron chi connectivity index (χ4n) is 8.54. The number of para-hydroxylation sites is 2. The zero-order chi connectivity index (χ0) is 31.6. The van der Waals surface area contributed by atoms with Gasteiger partial charge in [-0.2, -0.15) is 17.5 Å². The van der Waals surface area contributed by atoms with Gasteiger partial charge in [0.05, 0.1) is 23.5 Å². The SMILES string of the molecule is O=C(NC1[C@@H]2CC3C[C@H]1CC(O)(C3)C2)ON1CCN(c2ccc(N3CCN(S(=O)(=O)CC(F)(F)F)CC3)cc2)c2ccccc21. The maximum atomic E-state index is 13.1. The Labute approximate surface area is 260 Å². The third-order valence-electron chi connectivity index (χ3n) is 10.2. The van der Waals surface area contributed by atoms with Gasteiger partial charge in [-0.25, -0.2) is 18.3 Å². The number of piperazine rings is 1. The number of anilines is 4. The number of carbonyl (C=O) groups is 1. The quantitative estimate of drug-likeness (QED) is 0.479. The third-order valence-corrected chi connectivity index (χ3v) is 12.0. The number of alkyl halides is 3. The Morgan fingerprint density at radius 2 is 1.51 bits per heavy atom. The van der Waals surface area contributed by atoms with Gasteiger partial charge in [-0.15, -0.1) is 0 Å². The van der Waals surface area contributed by atoms with Crippen LogP contribution in [0, 0.1) is 17.8 Å². The van der Waals surface area contributed by atoms with Gasteiger partial charge in [0.1, 0.15) is 0 Å². The van der Waals surface area contributed by atoms with E-state index in [1.165, 1.54) is 0 Å². The predicted molar refractivity (Wildman–Crippen MR) is 163 cm³/mol. The molecular formula is C31H38F3N5O5S. The number of carbonyl (C=O) groups excluding carboxylic acids is 1. The molecule has 2 aliphatic heterocycles. The van der Waals surface area contributed by atoms with Crippen LogP contribution in [0.1, 0.15) is 32.1 Å². The topological polar surface area (TPSA) is 106 Å². The standard InChI is InChI=1S/C31H38F3N5O5S/c32-31(33,34)20-45(42,43)37-11-9-36(10-12-37)24-5-7-25(8-6-24)38-13-14-39(27-4-2-1-3-26(27)38)44-29(40)35-28-22-15-21-16-23(28)19-30(41,17-21)18-22/h1-8,21-23,28,41H,9-20H2,(H,35,40)/t21?,22-,23+,28?,30?. The molecule has 2 heterocycles. The Morgan fingerprint density at radius 3 is 2.13 bits per heavy atom. The summed E-state index contributed by atoms with van der Waals surface area (Å²) in [5.41, 5.74) is 2.86. The molecule has 8 rings (SSSR count). The summed E-state index contributed by atoms with van der Waals surface area (Å²) in [6, 6.07) is 15.5. The Morgan fingerprint density at radius 1 is 0.889 bits per heavy atom. The lowest BCUT2D eigenvalue weighted by Gasteiger charge is -2.57. The highest BCUT2D eigenvalue weighted by Gasteiger charge is 2.55. The second-order valence-corrected chi connectivity index (χ2v) is 15.2. The molecule has 6 aliphatic rings. The van der Waals surface area contributed by atoms with Gasteiger partial charge in [0.25, 0.3) is 0 Å². The average Bonchev–Trinajstić information content (AvgIpc) is 2.97. The van der Waals surface area contributed by atoms with Crippen molar-refractivity contribution in [2.45, 2.75) is 49.9 Å². The van der Waals surface area contributed by atoms with Crippen LogP contribution >= 0.6 is 0 Å². The number of sulfonamides is 1. The molecule has 2 aromatic rings. The van der Waals surface area contributed by atoms with E-state index in [-0.39, 0.29) is 31.0 Å². The molecule has 0 spiro atoms. The van der Waals surface area contributed by atoms with E-state index in [0.717, 1.165) is 59.2 Å². The van der Waals surface area contributed by atoms with Crippen molar-refractivity contribution in [3.05, 3.63) is 48.5 Å². The van der Waals surface area contributed by atoms with Crippen molar-refractivity contribution in [3.63, 3.8) is 0 Å². The number of hydrogen-bond donors (Lipinski definition) is 2. The number of halogens is 3. The minimum Gasteiger partial charge on any atom is -0.390 e. The van der Waals surface area contributed by atoms with Gasteiger partial charge in [-0.1, -0.05) is 12.1 Å². The number of benzene rings is 2. The fraction of sp³-hybridized carbons (Fsp3) is 0.581. The molecule has 45 heavy (non-hydrogen) atoms. The summed E-state index contributed by atoms with van der Waals surface area (Å²) in [6.07, 6.45) is -0.782. The molecule has 0 aromatic heterocycles. The van der Waals surface area contributed by atoms with E-state index in [1.807, 2.05) is 53.4 Å². The van der Waals surface area contributed by atoms with Crippen LogP contribution in [0.5, 0.6) is 0 Å². The Kier molecular flexibility index (Phi) is 7.59. The zero-order valence-electron chi connectivity index (χ0n) is 24.8. The number of hydroxylamine groups is 1. The zero-order valence-corrected chi connectivity index (χ0v) is 25.6. The number of fused-ring (bicyclic) bond motifs is 1. The first-order valence-corrected chi connectivity index (χ1v) is 17.2. The predicted octanol–water partition coefficient (Wildman–Crippen LogP) is 4.24. The van der Waals surface area contributed by atoms with E-state index < -0.39 is 33.6 Å². The molecule has 0 radical (unpaired) electrons. The van der Waals surface area contributed by atoms with Gasteiger partial charge in [-0.05, 0) is 86.3 Å². The van der Waals surface area contributed by atoms with Gasteiger partial charge in [0, 0.05) is 50.1 Å². The number of amides is 1. The van der Waals surface area contributed by atoms with Crippen molar-refractivity contribution in [3.8, 4) is 0 Å². The molecule has 4 bridgehead atoms. The van der Waals surface area contributed by atoms with Gasteiger partial charge < -0.3 is 25.1 Å². The minimum atomic E-state index is -4.77. The van der Waals surface area contributed by atoms with E-state index in [4.69, 9.17) is 4.84 Å². The monoisotopic (exact) mass is 649 g/mol. The molecule has 2 N–H and O–H groups in total. The van der Waals surface area contributed by atoms with E-state index in [2.05, 4.69) is 10.2 Å². The van der Waals surface area contributed by atoms with Gasteiger partial charge in [0.15, 0.2) is 5.75 Å². The van der Waals surface area contributed by atoms with Gasteiger partial charge in [0.2, 0.25) is 10.0 Å². The summed E-state index contributed by atoms with van der Waals surface area (Å²) < 4.78 is 63.3. The van der Waals surface area contributed by atoms with Crippen LogP contribution in [0.4, 0.5) is 40.7 Å². The molecule has 4 saturated carbocycles. The molecule has 3 unspecified atom stereocenters. The average molecular weight is 650 g/mol. The van der Waals surface area contributed by atoms with Crippen molar-refractivity contribution in [1.29, 1.82) is 0 Å². The molecule has 5 fully saturated rings. The molecular weight excluding hydrogens is 611 g/mol. The van der Waals surface area contributed by atoms with Crippen LogP contribution in [0.2, 0.25) is 0 Å². The van der Waals surface area contributed by atoms with Crippen LogP contribution in [-0.4, -0.2) is 86.8 Å². The highest BCUT2D eigenvalue weighted by atomic mass is 32.2.